The summed E-state index contributed by atoms with van der Waals surface area (Å²) in [6.45, 7) is 5.50. The zero-order chi connectivity index (χ0) is 11.1. The van der Waals surface area contributed by atoms with Crippen molar-refractivity contribution < 1.29 is 0 Å². The molecule has 1 nitrogen and oxygen atoms in total. The monoisotopic (exact) mass is 223 g/mol. The van der Waals surface area contributed by atoms with Crippen molar-refractivity contribution in [1.82, 2.24) is 5.32 Å². The molecular weight excluding hydrogens is 202 g/mol. The summed E-state index contributed by atoms with van der Waals surface area (Å²) < 4.78 is 0. The Labute approximate surface area is 97.7 Å². The summed E-state index contributed by atoms with van der Waals surface area (Å²) >= 11 is 1.97. The van der Waals surface area contributed by atoms with Crippen molar-refractivity contribution in [2.45, 2.75) is 43.4 Å². The van der Waals surface area contributed by atoms with Crippen LogP contribution in [0.15, 0.2) is 29.2 Å². The second-order valence-corrected chi connectivity index (χ2v) is 5.40. The fourth-order valence-corrected chi connectivity index (χ4v) is 2.70. The smallest absolute Gasteiger partial charge is 0.0202 e. The van der Waals surface area contributed by atoms with Crippen molar-refractivity contribution in [3.05, 3.63) is 29.8 Å². The molecule has 15 heavy (non-hydrogen) atoms. The van der Waals surface area contributed by atoms with Crippen LogP contribution in [-0.2, 0) is 6.54 Å². The second kappa shape index (κ2) is 6.91. The summed E-state index contributed by atoms with van der Waals surface area (Å²) in [7, 11) is 1.98. The molecule has 2 heteroatoms. The van der Waals surface area contributed by atoms with Gasteiger partial charge in [0, 0.05) is 16.7 Å². The van der Waals surface area contributed by atoms with Gasteiger partial charge in [0.2, 0.25) is 0 Å². The lowest BCUT2D eigenvalue weighted by Gasteiger charge is -2.10. The van der Waals surface area contributed by atoms with Crippen molar-refractivity contribution in [1.29, 1.82) is 0 Å². The van der Waals surface area contributed by atoms with Crippen LogP contribution >= 0.6 is 11.8 Å². The van der Waals surface area contributed by atoms with Crippen molar-refractivity contribution in [3.8, 4) is 0 Å². The fraction of sp³-hybridized carbons (Fsp3) is 0.538. The lowest BCUT2D eigenvalue weighted by atomic mass is 10.2. The highest BCUT2D eigenvalue weighted by molar-refractivity contribution is 7.99. The minimum atomic E-state index is 0.727. The van der Waals surface area contributed by atoms with E-state index in [4.69, 9.17) is 0 Å². The average Bonchev–Trinajstić information content (AvgIpc) is 2.22. The molecule has 1 unspecified atom stereocenters. The third-order valence-corrected chi connectivity index (χ3v) is 3.52. The predicted molar refractivity (Wildman–Crippen MR) is 69.4 cm³/mol. The first-order valence-corrected chi connectivity index (χ1v) is 6.54. The molecule has 1 aromatic rings. The fourth-order valence-electron chi connectivity index (χ4n) is 1.59. The maximum atomic E-state index is 3.16. The van der Waals surface area contributed by atoms with Crippen LogP contribution in [0.1, 0.15) is 32.3 Å². The van der Waals surface area contributed by atoms with Crippen LogP contribution in [0.25, 0.3) is 0 Å². The van der Waals surface area contributed by atoms with Gasteiger partial charge >= 0.3 is 0 Å². The van der Waals surface area contributed by atoms with E-state index in [0.717, 1.165) is 11.8 Å². The molecule has 1 atom stereocenters. The quantitative estimate of drug-likeness (QED) is 0.738. The van der Waals surface area contributed by atoms with Gasteiger partial charge in [-0.25, -0.2) is 0 Å². The Balaban J connectivity index is 2.48. The lowest BCUT2D eigenvalue weighted by Crippen LogP contribution is -2.04. The topological polar surface area (TPSA) is 12.0 Å². The van der Waals surface area contributed by atoms with Crippen LogP contribution in [0.3, 0.4) is 0 Å². The Morgan fingerprint density at radius 1 is 1.27 bits per heavy atom. The average molecular weight is 223 g/mol. The van der Waals surface area contributed by atoms with Crippen molar-refractivity contribution in [2.75, 3.05) is 7.05 Å². The van der Waals surface area contributed by atoms with E-state index < -0.39 is 0 Å². The number of hydrogen-bond acceptors (Lipinski definition) is 2. The second-order valence-electron chi connectivity index (χ2n) is 3.89. The first kappa shape index (κ1) is 12.6. The minimum Gasteiger partial charge on any atom is -0.316 e. The molecule has 84 valence electrons. The van der Waals surface area contributed by atoms with Gasteiger partial charge in [-0.05, 0) is 31.2 Å². The molecule has 0 saturated heterocycles. The van der Waals surface area contributed by atoms with Crippen LogP contribution in [0.2, 0.25) is 0 Å². The number of rotatable bonds is 6. The first-order chi connectivity index (χ1) is 7.26. The molecule has 1 rings (SSSR count). The molecule has 0 fully saturated rings. The standard InChI is InChI=1S/C13H21NS/c1-4-5-11(2)15-13-8-6-12(7-9-13)10-14-3/h6-9,11,14H,4-5,10H2,1-3H3. The van der Waals surface area contributed by atoms with Crippen molar-refractivity contribution in [2.24, 2.45) is 0 Å². The molecular formula is C13H21NS. The summed E-state index contributed by atoms with van der Waals surface area (Å²) in [6, 6.07) is 8.86. The largest absolute Gasteiger partial charge is 0.316 e. The van der Waals surface area contributed by atoms with E-state index in [-0.39, 0.29) is 0 Å². The maximum absolute atomic E-state index is 3.16. The van der Waals surface area contributed by atoms with E-state index in [0.29, 0.717) is 0 Å². The zero-order valence-corrected chi connectivity index (χ0v) is 10.7. The lowest BCUT2D eigenvalue weighted by molar-refractivity contribution is 0.787. The zero-order valence-electron chi connectivity index (χ0n) is 9.92. The highest BCUT2D eigenvalue weighted by Crippen LogP contribution is 2.25. The Bertz CT molecular complexity index is 268. The van der Waals surface area contributed by atoms with Crippen LogP contribution in [0.5, 0.6) is 0 Å². The van der Waals surface area contributed by atoms with Crippen LogP contribution in [0, 0.1) is 0 Å². The van der Waals surface area contributed by atoms with E-state index in [1.807, 2.05) is 18.8 Å². The molecule has 0 amide bonds. The van der Waals surface area contributed by atoms with E-state index in [9.17, 15) is 0 Å². The number of thioether (sulfide) groups is 1. The van der Waals surface area contributed by atoms with Crippen LogP contribution < -0.4 is 5.32 Å². The van der Waals surface area contributed by atoms with Gasteiger partial charge in [-0.3, -0.25) is 0 Å². The van der Waals surface area contributed by atoms with Gasteiger partial charge in [0.25, 0.3) is 0 Å². The Morgan fingerprint density at radius 3 is 2.47 bits per heavy atom. The molecule has 0 spiro atoms. The van der Waals surface area contributed by atoms with E-state index in [1.54, 1.807) is 0 Å². The highest BCUT2D eigenvalue weighted by Gasteiger charge is 2.02. The van der Waals surface area contributed by atoms with Crippen LogP contribution in [-0.4, -0.2) is 12.3 Å². The molecule has 0 radical (unpaired) electrons. The Morgan fingerprint density at radius 2 is 1.93 bits per heavy atom. The molecule has 0 aromatic heterocycles. The van der Waals surface area contributed by atoms with E-state index in [1.165, 1.54) is 23.3 Å². The summed E-state index contributed by atoms with van der Waals surface area (Å²) in [5, 5.41) is 3.88. The van der Waals surface area contributed by atoms with Gasteiger partial charge in [-0.15, -0.1) is 11.8 Å². The van der Waals surface area contributed by atoms with Gasteiger partial charge in [-0.1, -0.05) is 32.4 Å². The SMILES string of the molecule is CCCC(C)Sc1ccc(CNC)cc1. The summed E-state index contributed by atoms with van der Waals surface area (Å²) in [5.41, 5.74) is 1.35. The van der Waals surface area contributed by atoms with Gasteiger partial charge in [-0.2, -0.15) is 0 Å². The summed E-state index contributed by atoms with van der Waals surface area (Å²) in [5.74, 6) is 0. The van der Waals surface area contributed by atoms with Crippen molar-refractivity contribution in [3.63, 3.8) is 0 Å². The van der Waals surface area contributed by atoms with Crippen molar-refractivity contribution >= 4 is 11.8 Å². The molecule has 0 saturated carbocycles. The van der Waals surface area contributed by atoms with E-state index >= 15 is 0 Å². The molecule has 0 aliphatic rings. The van der Waals surface area contributed by atoms with Gasteiger partial charge in [0.15, 0.2) is 0 Å². The number of hydrogen-bond donors (Lipinski definition) is 1. The highest BCUT2D eigenvalue weighted by atomic mass is 32.2. The third kappa shape index (κ3) is 4.72. The summed E-state index contributed by atoms with van der Waals surface area (Å²) in [4.78, 5) is 1.39. The minimum absolute atomic E-state index is 0.727. The molecule has 0 heterocycles. The normalized spacial score (nSPS) is 12.7. The molecule has 0 aliphatic carbocycles. The van der Waals surface area contributed by atoms with E-state index in [2.05, 4.69) is 43.4 Å². The van der Waals surface area contributed by atoms with Gasteiger partial charge in [0.05, 0.1) is 0 Å². The molecule has 0 aliphatic heterocycles. The Hall–Kier alpha value is -0.470. The molecule has 0 bridgehead atoms. The maximum Gasteiger partial charge on any atom is 0.0202 e. The third-order valence-electron chi connectivity index (χ3n) is 2.34. The van der Waals surface area contributed by atoms with Gasteiger partial charge < -0.3 is 5.32 Å². The molecule has 1 N–H and O–H groups in total. The van der Waals surface area contributed by atoms with Crippen LogP contribution in [0.4, 0.5) is 0 Å². The summed E-state index contributed by atoms with van der Waals surface area (Å²) in [6.07, 6.45) is 2.56. The molecule has 1 aromatic carbocycles. The predicted octanol–water partition coefficient (Wildman–Crippen LogP) is 3.69. The number of nitrogens with one attached hydrogen (secondary N) is 1. The Kier molecular flexibility index (Phi) is 5.81. The first-order valence-electron chi connectivity index (χ1n) is 5.66. The van der Waals surface area contributed by atoms with Gasteiger partial charge in [0.1, 0.15) is 0 Å². The number of benzene rings is 1.